The van der Waals surface area contributed by atoms with Crippen molar-refractivity contribution in [2.75, 3.05) is 26.7 Å². The van der Waals surface area contributed by atoms with E-state index in [0.717, 1.165) is 55.7 Å². The maximum atomic E-state index is 13.6. The second-order valence-electron chi connectivity index (χ2n) is 9.06. The second kappa shape index (κ2) is 10.8. The highest BCUT2D eigenvalue weighted by Crippen LogP contribution is 2.37. The number of hydrogen-bond donors (Lipinski definition) is 1. The molecular weight excluding hydrogens is 416 g/mol. The van der Waals surface area contributed by atoms with Gasteiger partial charge in [-0.15, -0.1) is 0 Å². The summed E-state index contributed by atoms with van der Waals surface area (Å²) in [6.07, 6.45) is 8.48. The summed E-state index contributed by atoms with van der Waals surface area (Å²) in [5.74, 6) is 0.723. The number of urea groups is 1. The fourth-order valence-electron chi connectivity index (χ4n) is 5.16. The number of carbonyl (C=O) groups is 2. The number of rotatable bonds is 7. The van der Waals surface area contributed by atoms with Crippen molar-refractivity contribution in [3.05, 3.63) is 53.9 Å². The fourth-order valence-corrected chi connectivity index (χ4v) is 5.16. The third-order valence-electron chi connectivity index (χ3n) is 6.83. The molecule has 1 unspecified atom stereocenters. The topological polar surface area (TPSA) is 66.8 Å². The average Bonchev–Trinajstić information content (AvgIpc) is 3.32. The summed E-state index contributed by atoms with van der Waals surface area (Å²) in [5, 5.41) is 3.18. The molecule has 1 saturated carbocycles. The Balaban J connectivity index is 1.55. The lowest BCUT2D eigenvalue weighted by atomic mass is 9.96. The third-order valence-corrected chi connectivity index (χ3v) is 6.83. The lowest BCUT2D eigenvalue weighted by Gasteiger charge is -2.39. The van der Waals surface area contributed by atoms with Crippen LogP contribution in [0.25, 0.3) is 0 Å². The minimum absolute atomic E-state index is 0.0365. The molecule has 1 aliphatic carbocycles. The molecule has 33 heavy (non-hydrogen) atoms. The standard InChI is InChI=1S/C26H36N4O3/c1-3-15-29(26(32)27-20-10-5-4-6-11-20)19-24(31)30-18-17-28-16-9-13-22(28)25(30)21-12-7-8-14-23(21)33-2/h7-9,12-14,16,20,25H,3-6,10-11,15,17-19H2,1-2H3,(H,27,32). The molecule has 0 bridgehead atoms. The number of ether oxygens (including phenoxy) is 1. The van der Waals surface area contributed by atoms with E-state index in [2.05, 4.69) is 22.1 Å². The number of fused-ring (bicyclic) bond motifs is 1. The Morgan fingerprint density at radius 2 is 1.88 bits per heavy atom. The molecule has 1 atom stereocenters. The molecule has 178 valence electrons. The van der Waals surface area contributed by atoms with Crippen molar-refractivity contribution < 1.29 is 14.3 Å². The molecule has 7 heteroatoms. The van der Waals surface area contributed by atoms with Gasteiger partial charge >= 0.3 is 6.03 Å². The third kappa shape index (κ3) is 5.18. The van der Waals surface area contributed by atoms with Crippen molar-refractivity contribution in [3.8, 4) is 5.75 Å². The summed E-state index contributed by atoms with van der Waals surface area (Å²) >= 11 is 0. The molecule has 1 aromatic heterocycles. The smallest absolute Gasteiger partial charge is 0.318 e. The van der Waals surface area contributed by atoms with Crippen molar-refractivity contribution >= 4 is 11.9 Å². The summed E-state index contributed by atoms with van der Waals surface area (Å²) in [4.78, 5) is 30.3. The molecule has 0 saturated heterocycles. The Bertz CT molecular complexity index is 951. The maximum absolute atomic E-state index is 13.6. The second-order valence-corrected chi connectivity index (χ2v) is 9.06. The summed E-state index contributed by atoms with van der Waals surface area (Å²) in [7, 11) is 1.66. The van der Waals surface area contributed by atoms with E-state index in [9.17, 15) is 9.59 Å². The van der Waals surface area contributed by atoms with Crippen LogP contribution in [-0.2, 0) is 11.3 Å². The molecule has 4 rings (SSSR count). The van der Waals surface area contributed by atoms with Gasteiger partial charge in [0, 0.05) is 43.1 Å². The quantitative estimate of drug-likeness (QED) is 0.685. The Morgan fingerprint density at radius 3 is 2.64 bits per heavy atom. The van der Waals surface area contributed by atoms with Crippen molar-refractivity contribution in [2.24, 2.45) is 0 Å². The Hall–Kier alpha value is -2.96. The molecule has 7 nitrogen and oxygen atoms in total. The number of hydrogen-bond acceptors (Lipinski definition) is 3. The van der Waals surface area contributed by atoms with E-state index in [-0.39, 0.29) is 30.6 Å². The van der Waals surface area contributed by atoms with E-state index in [4.69, 9.17) is 4.74 Å². The van der Waals surface area contributed by atoms with Crippen molar-refractivity contribution in [2.45, 2.75) is 64.1 Å². The van der Waals surface area contributed by atoms with Crippen LogP contribution in [0.4, 0.5) is 4.79 Å². The van der Waals surface area contributed by atoms with Crippen LogP contribution < -0.4 is 10.1 Å². The lowest BCUT2D eigenvalue weighted by molar-refractivity contribution is -0.134. The van der Waals surface area contributed by atoms with Crippen LogP contribution in [0, 0.1) is 0 Å². The van der Waals surface area contributed by atoms with E-state index in [0.29, 0.717) is 13.1 Å². The number of nitrogens with one attached hydrogen (secondary N) is 1. The molecule has 1 N–H and O–H groups in total. The molecule has 1 aromatic carbocycles. The van der Waals surface area contributed by atoms with Gasteiger partial charge in [-0.2, -0.15) is 0 Å². The highest BCUT2D eigenvalue weighted by atomic mass is 16.5. The first kappa shape index (κ1) is 23.2. The zero-order valence-corrected chi connectivity index (χ0v) is 19.8. The van der Waals surface area contributed by atoms with Gasteiger partial charge in [-0.05, 0) is 37.5 Å². The molecule has 2 aliphatic rings. The Labute approximate surface area is 196 Å². The van der Waals surface area contributed by atoms with Gasteiger partial charge in [0.25, 0.3) is 0 Å². The molecule has 1 fully saturated rings. The zero-order chi connectivity index (χ0) is 23.2. The van der Waals surface area contributed by atoms with E-state index in [1.165, 1.54) is 6.42 Å². The normalized spacial score (nSPS) is 18.5. The van der Waals surface area contributed by atoms with Crippen LogP contribution in [0.5, 0.6) is 5.75 Å². The minimum Gasteiger partial charge on any atom is -0.496 e. The van der Waals surface area contributed by atoms with Crippen LogP contribution in [0.1, 0.15) is 62.7 Å². The van der Waals surface area contributed by atoms with Gasteiger partial charge in [-0.1, -0.05) is 44.4 Å². The number of benzene rings is 1. The molecule has 0 radical (unpaired) electrons. The van der Waals surface area contributed by atoms with Gasteiger partial charge in [0.1, 0.15) is 18.3 Å². The molecule has 3 amide bonds. The highest BCUT2D eigenvalue weighted by Gasteiger charge is 2.35. The fraction of sp³-hybridized carbons (Fsp3) is 0.538. The predicted octanol–water partition coefficient (Wildman–Crippen LogP) is 4.18. The first-order chi connectivity index (χ1) is 16.1. The summed E-state index contributed by atoms with van der Waals surface area (Å²) in [6, 6.07) is 11.8. The van der Waals surface area contributed by atoms with Gasteiger partial charge in [-0.25, -0.2) is 4.79 Å². The van der Waals surface area contributed by atoms with E-state index in [1.54, 1.807) is 12.0 Å². The first-order valence-electron chi connectivity index (χ1n) is 12.2. The number of amides is 3. The SMILES string of the molecule is CCCN(CC(=O)N1CCn2cccc2C1c1ccccc1OC)C(=O)NC1CCCCC1. The lowest BCUT2D eigenvalue weighted by Crippen LogP contribution is -2.51. The van der Waals surface area contributed by atoms with Crippen LogP contribution in [0.3, 0.4) is 0 Å². The summed E-state index contributed by atoms with van der Waals surface area (Å²) in [6.45, 7) is 4.01. The Morgan fingerprint density at radius 1 is 1.09 bits per heavy atom. The van der Waals surface area contributed by atoms with E-state index >= 15 is 0 Å². The first-order valence-corrected chi connectivity index (χ1v) is 12.2. The van der Waals surface area contributed by atoms with Gasteiger partial charge in [-0.3, -0.25) is 4.79 Å². The molecule has 2 heterocycles. The molecular formula is C26H36N4O3. The molecule has 2 aromatic rings. The van der Waals surface area contributed by atoms with Gasteiger partial charge in [0.15, 0.2) is 0 Å². The number of methoxy groups -OCH3 is 1. The minimum atomic E-state index is -0.248. The number of aromatic nitrogens is 1. The maximum Gasteiger partial charge on any atom is 0.318 e. The largest absolute Gasteiger partial charge is 0.496 e. The van der Waals surface area contributed by atoms with Crippen molar-refractivity contribution in [1.29, 1.82) is 0 Å². The van der Waals surface area contributed by atoms with Crippen LogP contribution >= 0.6 is 0 Å². The van der Waals surface area contributed by atoms with Crippen molar-refractivity contribution in [1.82, 2.24) is 19.7 Å². The van der Waals surface area contributed by atoms with Crippen molar-refractivity contribution in [3.63, 3.8) is 0 Å². The van der Waals surface area contributed by atoms with Crippen LogP contribution in [0.15, 0.2) is 42.6 Å². The number of para-hydroxylation sites is 1. The average molecular weight is 453 g/mol. The van der Waals surface area contributed by atoms with E-state index in [1.807, 2.05) is 42.2 Å². The molecule has 0 spiro atoms. The zero-order valence-electron chi connectivity index (χ0n) is 19.8. The Kier molecular flexibility index (Phi) is 7.57. The van der Waals surface area contributed by atoms with Crippen LogP contribution in [0.2, 0.25) is 0 Å². The highest BCUT2D eigenvalue weighted by molar-refractivity contribution is 5.85. The number of nitrogens with zero attached hydrogens (tertiary/aromatic N) is 3. The monoisotopic (exact) mass is 452 g/mol. The predicted molar refractivity (Wildman–Crippen MR) is 128 cm³/mol. The van der Waals surface area contributed by atoms with Gasteiger partial charge < -0.3 is 24.4 Å². The summed E-state index contributed by atoms with van der Waals surface area (Å²) in [5.41, 5.74) is 2.02. The number of carbonyl (C=O) groups excluding carboxylic acids is 2. The molecule has 1 aliphatic heterocycles. The van der Waals surface area contributed by atoms with Crippen LogP contribution in [-0.4, -0.2) is 59.1 Å². The van der Waals surface area contributed by atoms with Gasteiger partial charge in [0.2, 0.25) is 5.91 Å². The van der Waals surface area contributed by atoms with Gasteiger partial charge in [0.05, 0.1) is 7.11 Å². The van der Waals surface area contributed by atoms with E-state index < -0.39 is 0 Å². The summed E-state index contributed by atoms with van der Waals surface area (Å²) < 4.78 is 7.83.